The summed E-state index contributed by atoms with van der Waals surface area (Å²) in [7, 11) is 0. The van der Waals surface area contributed by atoms with Crippen LogP contribution in [0.15, 0.2) is 66.7 Å². The molecular weight excluding hydrogens is 349 g/mol. The summed E-state index contributed by atoms with van der Waals surface area (Å²) in [6.45, 7) is 2.04. The van der Waals surface area contributed by atoms with Crippen LogP contribution in [0.1, 0.15) is 18.1 Å². The van der Waals surface area contributed by atoms with E-state index in [-0.39, 0.29) is 12.0 Å². The molecule has 0 saturated carbocycles. The van der Waals surface area contributed by atoms with Crippen molar-refractivity contribution in [2.75, 3.05) is 0 Å². The van der Waals surface area contributed by atoms with Crippen molar-refractivity contribution in [3.63, 3.8) is 0 Å². The highest BCUT2D eigenvalue weighted by atomic mass is 35.5. The largest absolute Gasteiger partial charge is 0.327 e. The van der Waals surface area contributed by atoms with Gasteiger partial charge in [-0.1, -0.05) is 83.9 Å². The van der Waals surface area contributed by atoms with E-state index in [4.69, 9.17) is 28.9 Å². The monoisotopic (exact) mass is 369 g/mol. The number of nitrogens with two attached hydrogens (primary N) is 1. The molecule has 0 aromatic heterocycles. The van der Waals surface area contributed by atoms with Gasteiger partial charge in [0.2, 0.25) is 0 Å². The Hall–Kier alpha value is -1.80. The Bertz CT molecular complexity index is 894. The average Bonchev–Trinajstić information content (AvgIpc) is 2.61. The maximum atomic E-state index is 6.22. The third-order valence-corrected chi connectivity index (χ3v) is 5.22. The Morgan fingerprint density at radius 2 is 1.72 bits per heavy atom. The van der Waals surface area contributed by atoms with Crippen LogP contribution in [0.2, 0.25) is 10.0 Å². The minimum Gasteiger partial charge on any atom is -0.327 e. The fourth-order valence-electron chi connectivity index (χ4n) is 2.99. The molecule has 0 amide bonds. The van der Waals surface area contributed by atoms with Crippen LogP contribution in [-0.2, 0) is 6.42 Å². The summed E-state index contributed by atoms with van der Waals surface area (Å²) >= 11 is 12.1. The van der Waals surface area contributed by atoms with Crippen molar-refractivity contribution in [2.24, 2.45) is 11.7 Å². The predicted molar refractivity (Wildman–Crippen MR) is 110 cm³/mol. The Labute approximate surface area is 159 Å². The Balaban J connectivity index is 1.86. The number of rotatable bonds is 5. The Morgan fingerprint density at radius 3 is 2.48 bits per heavy atom. The number of halogens is 2. The highest BCUT2D eigenvalue weighted by molar-refractivity contribution is 6.42. The molecule has 0 spiro atoms. The summed E-state index contributed by atoms with van der Waals surface area (Å²) in [5, 5.41) is 3.65. The van der Waals surface area contributed by atoms with E-state index in [1.54, 1.807) is 0 Å². The van der Waals surface area contributed by atoms with Gasteiger partial charge in [0.25, 0.3) is 0 Å². The van der Waals surface area contributed by atoms with Crippen LogP contribution in [0.3, 0.4) is 0 Å². The molecule has 0 bridgehead atoms. The van der Waals surface area contributed by atoms with Crippen molar-refractivity contribution in [1.29, 1.82) is 0 Å². The molecule has 0 fully saturated rings. The molecule has 0 heterocycles. The van der Waals surface area contributed by atoms with Gasteiger partial charge < -0.3 is 5.73 Å². The molecule has 3 rings (SSSR count). The molecule has 3 heteroatoms. The van der Waals surface area contributed by atoms with Crippen LogP contribution in [0, 0.1) is 5.92 Å². The second kappa shape index (κ2) is 8.05. The zero-order chi connectivity index (χ0) is 17.8. The molecule has 2 N–H and O–H groups in total. The third kappa shape index (κ3) is 4.43. The summed E-state index contributed by atoms with van der Waals surface area (Å²) in [5.74, 6) is 0.219. The molecule has 25 heavy (non-hydrogen) atoms. The lowest BCUT2D eigenvalue weighted by molar-refractivity contribution is 0.534. The number of hydrogen-bond donors (Lipinski definition) is 1. The van der Waals surface area contributed by atoms with Gasteiger partial charge in [-0.15, -0.1) is 0 Å². The lowest BCUT2D eigenvalue weighted by Gasteiger charge is -2.17. The molecule has 0 saturated heterocycles. The molecule has 0 aliphatic heterocycles. The molecule has 0 radical (unpaired) electrons. The summed E-state index contributed by atoms with van der Waals surface area (Å²) < 4.78 is 0. The zero-order valence-electron chi connectivity index (χ0n) is 14.1. The summed E-state index contributed by atoms with van der Waals surface area (Å²) in [6, 6.07) is 20.6. The van der Waals surface area contributed by atoms with Gasteiger partial charge in [-0.05, 0) is 53.3 Å². The van der Waals surface area contributed by atoms with Crippen molar-refractivity contribution >= 4 is 40.1 Å². The van der Waals surface area contributed by atoms with Crippen molar-refractivity contribution in [1.82, 2.24) is 0 Å². The molecule has 3 aromatic rings. The van der Waals surface area contributed by atoms with Gasteiger partial charge >= 0.3 is 0 Å². The Morgan fingerprint density at radius 1 is 0.960 bits per heavy atom. The average molecular weight is 370 g/mol. The van der Waals surface area contributed by atoms with Gasteiger partial charge in [0, 0.05) is 6.04 Å². The van der Waals surface area contributed by atoms with E-state index in [9.17, 15) is 0 Å². The number of fused-ring (bicyclic) bond motifs is 1. The lowest BCUT2D eigenvalue weighted by Crippen LogP contribution is -2.26. The van der Waals surface area contributed by atoms with Crippen LogP contribution in [-0.4, -0.2) is 6.04 Å². The summed E-state index contributed by atoms with van der Waals surface area (Å²) in [6.07, 6.45) is 5.21. The first kappa shape index (κ1) is 18.0. The maximum Gasteiger partial charge on any atom is 0.0595 e. The minimum absolute atomic E-state index is 0.0423. The standard InChI is InChI=1S/C22H21Cl2N/c1-15(25)19(13-16-9-12-21(23)22(24)14-16)11-10-18-7-4-6-17-5-2-3-8-20(17)18/h2-12,14-15,19H,13,25H2,1H3/b11-10+. The van der Waals surface area contributed by atoms with Gasteiger partial charge in [0.1, 0.15) is 0 Å². The fraction of sp³-hybridized carbons (Fsp3) is 0.182. The van der Waals surface area contributed by atoms with Gasteiger partial charge in [-0.2, -0.15) is 0 Å². The van der Waals surface area contributed by atoms with Crippen molar-refractivity contribution in [3.05, 3.63) is 87.9 Å². The molecule has 128 valence electrons. The highest BCUT2D eigenvalue weighted by Gasteiger charge is 2.12. The van der Waals surface area contributed by atoms with Gasteiger partial charge in [0.05, 0.1) is 10.0 Å². The molecule has 3 aromatic carbocycles. The second-order valence-electron chi connectivity index (χ2n) is 6.40. The zero-order valence-corrected chi connectivity index (χ0v) is 15.6. The van der Waals surface area contributed by atoms with E-state index in [1.165, 1.54) is 16.3 Å². The smallest absolute Gasteiger partial charge is 0.0595 e. The van der Waals surface area contributed by atoms with Crippen LogP contribution < -0.4 is 5.73 Å². The molecule has 2 atom stereocenters. The van der Waals surface area contributed by atoms with Crippen LogP contribution in [0.5, 0.6) is 0 Å². The quantitative estimate of drug-likeness (QED) is 0.555. The third-order valence-electron chi connectivity index (χ3n) is 4.48. The first-order valence-electron chi connectivity index (χ1n) is 8.40. The first-order chi connectivity index (χ1) is 12.0. The number of benzene rings is 3. The van der Waals surface area contributed by atoms with E-state index in [1.807, 2.05) is 25.1 Å². The minimum atomic E-state index is 0.0423. The van der Waals surface area contributed by atoms with E-state index >= 15 is 0 Å². The predicted octanol–water partition coefficient (Wildman–Crippen LogP) is 6.37. The van der Waals surface area contributed by atoms with Gasteiger partial charge in [-0.3, -0.25) is 0 Å². The second-order valence-corrected chi connectivity index (χ2v) is 7.22. The van der Waals surface area contributed by atoms with Crippen LogP contribution in [0.25, 0.3) is 16.8 Å². The number of hydrogen-bond acceptors (Lipinski definition) is 1. The van der Waals surface area contributed by atoms with E-state index < -0.39 is 0 Å². The van der Waals surface area contributed by atoms with Crippen LogP contribution >= 0.6 is 23.2 Å². The van der Waals surface area contributed by atoms with E-state index in [0.717, 1.165) is 12.0 Å². The SMILES string of the molecule is CC(N)C(/C=C/c1cccc2ccccc12)Cc1ccc(Cl)c(Cl)c1. The van der Waals surface area contributed by atoms with E-state index in [2.05, 4.69) is 54.6 Å². The topological polar surface area (TPSA) is 26.0 Å². The van der Waals surface area contributed by atoms with Gasteiger partial charge in [-0.25, -0.2) is 0 Å². The van der Waals surface area contributed by atoms with Crippen molar-refractivity contribution in [2.45, 2.75) is 19.4 Å². The molecule has 1 nitrogen and oxygen atoms in total. The highest BCUT2D eigenvalue weighted by Crippen LogP contribution is 2.25. The Kier molecular flexibility index (Phi) is 5.80. The fourth-order valence-corrected chi connectivity index (χ4v) is 3.31. The van der Waals surface area contributed by atoms with E-state index in [0.29, 0.717) is 10.0 Å². The molecule has 0 aliphatic carbocycles. The first-order valence-corrected chi connectivity index (χ1v) is 9.15. The molecule has 2 unspecified atom stereocenters. The van der Waals surface area contributed by atoms with Crippen LogP contribution in [0.4, 0.5) is 0 Å². The maximum absolute atomic E-state index is 6.22. The molecular formula is C22H21Cl2N. The van der Waals surface area contributed by atoms with Crippen molar-refractivity contribution < 1.29 is 0 Å². The van der Waals surface area contributed by atoms with Gasteiger partial charge in [0.15, 0.2) is 0 Å². The summed E-state index contributed by atoms with van der Waals surface area (Å²) in [5.41, 5.74) is 8.56. The lowest BCUT2D eigenvalue weighted by atomic mass is 9.92. The van der Waals surface area contributed by atoms with Crippen molar-refractivity contribution in [3.8, 4) is 0 Å². The normalized spacial score (nSPS) is 14.1. The molecule has 0 aliphatic rings. The summed E-state index contributed by atoms with van der Waals surface area (Å²) in [4.78, 5) is 0.